The summed E-state index contributed by atoms with van der Waals surface area (Å²) >= 11 is 0. The van der Waals surface area contributed by atoms with E-state index in [9.17, 15) is 14.2 Å². The Hall–Kier alpha value is -2.27. The van der Waals surface area contributed by atoms with Crippen molar-refractivity contribution < 1.29 is 28.7 Å². The largest absolute Gasteiger partial charge is 0.465 e. The summed E-state index contributed by atoms with van der Waals surface area (Å²) in [5.41, 5.74) is 1.60. The molecule has 2 aromatic carbocycles. The number of ketones is 1. The maximum absolute atomic E-state index is 12.3. The van der Waals surface area contributed by atoms with Crippen LogP contribution in [0.25, 0.3) is 0 Å². The quantitative estimate of drug-likeness (QED) is 0.495. The molecule has 0 atom stereocenters. The summed E-state index contributed by atoms with van der Waals surface area (Å²) in [5, 5.41) is 0. The van der Waals surface area contributed by atoms with Gasteiger partial charge in [0.15, 0.2) is 5.78 Å². The van der Waals surface area contributed by atoms with Crippen molar-refractivity contribution in [2.24, 2.45) is 0 Å². The molecule has 2 N–H and O–H groups in total. The van der Waals surface area contributed by atoms with Gasteiger partial charge in [0.05, 0.1) is 18.8 Å². The van der Waals surface area contributed by atoms with Gasteiger partial charge in [-0.3, -0.25) is 9.36 Å². The molecule has 0 spiro atoms. The molecule has 7 heteroatoms. The second-order valence-corrected chi connectivity index (χ2v) is 6.56. The van der Waals surface area contributed by atoms with Gasteiger partial charge in [-0.2, -0.15) is 0 Å². The van der Waals surface area contributed by atoms with Gasteiger partial charge in [-0.05, 0) is 17.7 Å². The van der Waals surface area contributed by atoms with E-state index in [1.54, 1.807) is 0 Å². The molecule has 23 heavy (non-hydrogen) atoms. The van der Waals surface area contributed by atoms with E-state index in [-0.39, 0.29) is 11.9 Å². The van der Waals surface area contributed by atoms with Crippen LogP contribution in [0.15, 0.2) is 48.5 Å². The van der Waals surface area contributed by atoms with Gasteiger partial charge < -0.3 is 14.5 Å². The van der Waals surface area contributed by atoms with E-state index in [1.165, 1.54) is 55.6 Å². The first kappa shape index (κ1) is 17.1. The Bertz CT molecular complexity index is 758. The van der Waals surface area contributed by atoms with Crippen LogP contribution in [0.5, 0.6) is 0 Å². The summed E-state index contributed by atoms with van der Waals surface area (Å²) in [6, 6.07) is 12.1. The van der Waals surface area contributed by atoms with Gasteiger partial charge >= 0.3 is 13.6 Å². The van der Waals surface area contributed by atoms with E-state index in [2.05, 4.69) is 4.74 Å². The monoisotopic (exact) mass is 334 g/mol. The molecule has 0 saturated heterocycles. The van der Waals surface area contributed by atoms with Crippen LogP contribution in [0.2, 0.25) is 0 Å². The fraction of sp³-hybridized carbons (Fsp3) is 0.125. The van der Waals surface area contributed by atoms with Gasteiger partial charge in [-0.1, -0.05) is 36.4 Å². The van der Waals surface area contributed by atoms with Crippen LogP contribution in [0.4, 0.5) is 0 Å². The third-order valence-electron chi connectivity index (χ3n) is 3.17. The van der Waals surface area contributed by atoms with E-state index in [0.717, 1.165) is 0 Å². The number of rotatable bonds is 5. The highest BCUT2D eigenvalue weighted by molar-refractivity contribution is 7.50. The van der Waals surface area contributed by atoms with Crippen molar-refractivity contribution in [2.75, 3.05) is 7.11 Å². The molecular weight excluding hydrogens is 319 g/mol. The van der Waals surface area contributed by atoms with Crippen molar-refractivity contribution in [1.29, 1.82) is 0 Å². The molecular formula is C16H15O6P. The fourth-order valence-electron chi connectivity index (χ4n) is 2.04. The Balaban J connectivity index is 2.17. The van der Waals surface area contributed by atoms with Crippen LogP contribution in [0.1, 0.15) is 31.8 Å². The average molecular weight is 334 g/mol. The third kappa shape index (κ3) is 4.60. The van der Waals surface area contributed by atoms with E-state index in [4.69, 9.17) is 9.79 Å². The molecule has 0 fully saturated rings. The number of hydrogen-bond donors (Lipinski definition) is 2. The van der Waals surface area contributed by atoms with Crippen molar-refractivity contribution >= 4 is 19.3 Å². The minimum Gasteiger partial charge on any atom is -0.465 e. The van der Waals surface area contributed by atoms with Crippen molar-refractivity contribution in [3.8, 4) is 0 Å². The summed E-state index contributed by atoms with van der Waals surface area (Å²) in [6.07, 6.45) is -0.366. The molecule has 0 bridgehead atoms. The molecule has 6 nitrogen and oxygen atoms in total. The van der Waals surface area contributed by atoms with Crippen molar-refractivity contribution in [1.82, 2.24) is 0 Å². The van der Waals surface area contributed by atoms with Gasteiger partial charge in [0.25, 0.3) is 0 Å². The predicted molar refractivity (Wildman–Crippen MR) is 83.4 cm³/mol. The summed E-state index contributed by atoms with van der Waals surface area (Å²) in [5.74, 6) is -0.727. The third-order valence-corrected chi connectivity index (χ3v) is 3.95. The van der Waals surface area contributed by atoms with Crippen LogP contribution in [0, 0.1) is 0 Å². The molecule has 0 unspecified atom stereocenters. The Labute approximate surface area is 132 Å². The van der Waals surface area contributed by atoms with E-state index >= 15 is 0 Å². The standard InChI is InChI=1S/C16H15O6P/c1-22-16(18)14-8-6-13(7-9-14)15(17)12-4-2-11(3-5-12)10-23(19,20)21/h2-9H,10H2,1H3,(H2,19,20,21). The zero-order chi connectivity index (χ0) is 17.0. The van der Waals surface area contributed by atoms with E-state index in [0.29, 0.717) is 22.3 Å². The summed E-state index contributed by atoms with van der Waals surface area (Å²) in [4.78, 5) is 41.5. The average Bonchev–Trinajstić information content (AvgIpc) is 2.53. The highest BCUT2D eigenvalue weighted by atomic mass is 31.2. The van der Waals surface area contributed by atoms with Crippen molar-refractivity contribution in [3.63, 3.8) is 0 Å². The second-order valence-electron chi connectivity index (χ2n) is 4.92. The Morgan fingerprint density at radius 2 is 1.35 bits per heavy atom. The number of carbonyl (C=O) groups is 2. The summed E-state index contributed by atoms with van der Waals surface area (Å²) < 4.78 is 15.5. The SMILES string of the molecule is COC(=O)c1ccc(C(=O)c2ccc(CP(=O)(O)O)cc2)cc1. The van der Waals surface area contributed by atoms with E-state index < -0.39 is 13.6 Å². The van der Waals surface area contributed by atoms with Crippen LogP contribution in [-0.4, -0.2) is 28.6 Å². The number of benzene rings is 2. The number of carbonyl (C=O) groups excluding carboxylic acids is 2. The first-order chi connectivity index (χ1) is 10.8. The van der Waals surface area contributed by atoms with Crippen LogP contribution in [-0.2, 0) is 15.5 Å². The van der Waals surface area contributed by atoms with Crippen LogP contribution in [0.3, 0.4) is 0 Å². The normalized spacial score (nSPS) is 11.1. The highest BCUT2D eigenvalue weighted by Crippen LogP contribution is 2.38. The molecule has 0 radical (unpaired) electrons. The smallest absolute Gasteiger partial charge is 0.337 e. The second kappa shape index (κ2) is 6.87. The zero-order valence-electron chi connectivity index (χ0n) is 12.3. The molecule has 0 heterocycles. The fourth-order valence-corrected chi connectivity index (χ4v) is 2.73. The topological polar surface area (TPSA) is 101 Å². The van der Waals surface area contributed by atoms with Gasteiger partial charge in [0, 0.05) is 11.1 Å². The van der Waals surface area contributed by atoms with Gasteiger partial charge in [-0.25, -0.2) is 4.79 Å². The first-order valence-corrected chi connectivity index (χ1v) is 8.46. The van der Waals surface area contributed by atoms with Gasteiger partial charge in [0.1, 0.15) is 0 Å². The van der Waals surface area contributed by atoms with Crippen LogP contribution < -0.4 is 0 Å². The lowest BCUT2D eigenvalue weighted by atomic mass is 10.0. The molecule has 0 aliphatic carbocycles. The Kier molecular flexibility index (Phi) is 5.11. The van der Waals surface area contributed by atoms with Crippen molar-refractivity contribution in [2.45, 2.75) is 6.16 Å². The number of hydrogen-bond acceptors (Lipinski definition) is 4. The summed E-state index contributed by atoms with van der Waals surface area (Å²) in [6.45, 7) is 0. The lowest BCUT2D eigenvalue weighted by Crippen LogP contribution is -2.04. The zero-order valence-corrected chi connectivity index (χ0v) is 13.2. The first-order valence-electron chi connectivity index (χ1n) is 6.67. The lowest BCUT2D eigenvalue weighted by molar-refractivity contribution is 0.0600. The van der Waals surface area contributed by atoms with E-state index in [1.807, 2.05) is 0 Å². The molecule has 0 amide bonds. The highest BCUT2D eigenvalue weighted by Gasteiger charge is 2.15. The van der Waals surface area contributed by atoms with Gasteiger partial charge in [-0.15, -0.1) is 0 Å². The van der Waals surface area contributed by atoms with Crippen LogP contribution >= 0.6 is 7.60 Å². The Morgan fingerprint density at radius 3 is 1.78 bits per heavy atom. The van der Waals surface area contributed by atoms with Crippen molar-refractivity contribution in [3.05, 3.63) is 70.8 Å². The minimum absolute atomic E-state index is 0.246. The molecule has 0 aliphatic heterocycles. The minimum atomic E-state index is -4.13. The molecule has 2 aromatic rings. The number of methoxy groups -OCH3 is 1. The predicted octanol–water partition coefficient (Wildman–Crippen LogP) is 2.38. The number of ether oxygens (including phenoxy) is 1. The lowest BCUT2D eigenvalue weighted by Gasteiger charge is -2.06. The molecule has 0 aliphatic rings. The molecule has 2 rings (SSSR count). The molecule has 0 aromatic heterocycles. The molecule has 120 valence electrons. The van der Waals surface area contributed by atoms with Gasteiger partial charge in [0.2, 0.25) is 0 Å². The Morgan fingerprint density at radius 1 is 0.913 bits per heavy atom. The maximum Gasteiger partial charge on any atom is 0.337 e. The summed E-state index contributed by atoms with van der Waals surface area (Å²) in [7, 11) is -2.85. The molecule has 0 saturated carbocycles. The number of esters is 1. The maximum atomic E-state index is 12.3.